The topological polar surface area (TPSA) is 55.4 Å². The molecule has 0 saturated heterocycles. The average molecular weight is 351 g/mol. The number of esters is 1. The van der Waals surface area contributed by atoms with E-state index in [4.69, 9.17) is 4.74 Å². The van der Waals surface area contributed by atoms with E-state index in [9.17, 15) is 9.59 Å². The van der Waals surface area contributed by atoms with Gasteiger partial charge in [0.2, 0.25) is 5.91 Å². The van der Waals surface area contributed by atoms with E-state index in [0.29, 0.717) is 0 Å². The Kier molecular flexibility index (Phi) is 4.86. The number of hydrogen-bond acceptors (Lipinski definition) is 3. The molecule has 0 saturated carbocycles. The molecule has 0 bridgehead atoms. The van der Waals surface area contributed by atoms with Crippen LogP contribution in [0, 0.1) is 5.92 Å². The van der Waals surface area contributed by atoms with Crippen molar-refractivity contribution in [2.45, 2.75) is 46.1 Å². The summed E-state index contributed by atoms with van der Waals surface area (Å²) in [6, 6.07) is 14.3. The van der Waals surface area contributed by atoms with Gasteiger partial charge in [-0.2, -0.15) is 0 Å². The lowest BCUT2D eigenvalue weighted by atomic mass is 10.0. The van der Waals surface area contributed by atoms with Gasteiger partial charge in [0.25, 0.3) is 0 Å². The molecule has 1 atom stereocenters. The van der Waals surface area contributed by atoms with E-state index in [1.54, 1.807) is 6.92 Å². The van der Waals surface area contributed by atoms with Crippen LogP contribution in [0.2, 0.25) is 0 Å². The van der Waals surface area contributed by atoms with Crippen molar-refractivity contribution in [3.8, 4) is 11.1 Å². The van der Waals surface area contributed by atoms with Crippen LogP contribution in [0.1, 0.15) is 45.2 Å². The van der Waals surface area contributed by atoms with Crippen molar-refractivity contribution in [3.63, 3.8) is 0 Å². The Morgan fingerprint density at radius 2 is 1.77 bits per heavy atom. The van der Waals surface area contributed by atoms with Gasteiger partial charge in [-0.05, 0) is 61.6 Å². The number of nitrogens with one attached hydrogen (secondary N) is 1. The summed E-state index contributed by atoms with van der Waals surface area (Å²) in [5.41, 5.74) is 5.23. The molecule has 2 aromatic carbocycles. The molecule has 4 nitrogen and oxygen atoms in total. The lowest BCUT2D eigenvalue weighted by Crippen LogP contribution is -2.28. The van der Waals surface area contributed by atoms with Gasteiger partial charge >= 0.3 is 5.97 Å². The van der Waals surface area contributed by atoms with E-state index in [1.165, 1.54) is 22.3 Å². The predicted molar refractivity (Wildman–Crippen MR) is 103 cm³/mol. The van der Waals surface area contributed by atoms with E-state index in [2.05, 4.69) is 23.5 Å². The zero-order valence-corrected chi connectivity index (χ0v) is 15.8. The van der Waals surface area contributed by atoms with Crippen LogP contribution in [-0.2, 0) is 20.7 Å². The normalized spacial score (nSPS) is 13.5. The van der Waals surface area contributed by atoms with Crippen molar-refractivity contribution < 1.29 is 14.3 Å². The highest BCUT2D eigenvalue weighted by atomic mass is 16.6. The molecule has 1 aliphatic carbocycles. The van der Waals surface area contributed by atoms with Gasteiger partial charge in [-0.25, -0.2) is 0 Å². The van der Waals surface area contributed by atoms with Gasteiger partial charge in [0.05, 0.1) is 6.42 Å². The van der Waals surface area contributed by atoms with Crippen LogP contribution in [0.15, 0.2) is 42.5 Å². The molecular weight excluding hydrogens is 326 g/mol. The number of carbonyl (C=O) groups excluding carboxylic acids is 2. The van der Waals surface area contributed by atoms with Crippen molar-refractivity contribution in [3.05, 3.63) is 53.6 Å². The minimum absolute atomic E-state index is 0.0689. The van der Waals surface area contributed by atoms with Crippen molar-refractivity contribution in [1.82, 2.24) is 0 Å². The average Bonchev–Trinajstić information content (AvgIpc) is 2.90. The number of rotatable bonds is 4. The van der Waals surface area contributed by atoms with Crippen LogP contribution in [0.5, 0.6) is 0 Å². The molecule has 136 valence electrons. The molecule has 1 aliphatic rings. The first-order valence-electron chi connectivity index (χ1n) is 8.97. The molecule has 3 rings (SSSR count). The largest absolute Gasteiger partial charge is 0.460 e. The van der Waals surface area contributed by atoms with E-state index in [-0.39, 0.29) is 18.3 Å². The Hall–Kier alpha value is -2.62. The second-order valence-corrected chi connectivity index (χ2v) is 7.89. The smallest absolute Gasteiger partial charge is 0.307 e. The molecule has 1 N–H and O–H groups in total. The van der Waals surface area contributed by atoms with Crippen LogP contribution >= 0.6 is 0 Å². The number of hydrogen-bond donors (Lipinski definition) is 1. The Morgan fingerprint density at radius 1 is 1.08 bits per heavy atom. The summed E-state index contributed by atoms with van der Waals surface area (Å²) >= 11 is 0. The third-order valence-electron chi connectivity index (χ3n) is 4.40. The number of ether oxygens (including phenoxy) is 1. The zero-order valence-electron chi connectivity index (χ0n) is 15.8. The molecule has 0 radical (unpaired) electrons. The van der Waals surface area contributed by atoms with Crippen LogP contribution in [0.3, 0.4) is 0 Å². The third kappa shape index (κ3) is 4.13. The van der Waals surface area contributed by atoms with E-state index in [1.807, 2.05) is 45.0 Å². The summed E-state index contributed by atoms with van der Waals surface area (Å²) in [4.78, 5) is 24.3. The lowest BCUT2D eigenvalue weighted by molar-refractivity contribution is -0.156. The number of carbonyl (C=O) groups is 2. The molecule has 0 spiro atoms. The van der Waals surface area contributed by atoms with Crippen LogP contribution in [-0.4, -0.2) is 17.5 Å². The molecule has 0 heterocycles. The maximum absolute atomic E-state index is 12.4. The van der Waals surface area contributed by atoms with E-state index >= 15 is 0 Å². The van der Waals surface area contributed by atoms with Crippen molar-refractivity contribution in [2.24, 2.45) is 5.92 Å². The van der Waals surface area contributed by atoms with Crippen molar-refractivity contribution in [1.29, 1.82) is 0 Å². The molecule has 2 aromatic rings. The van der Waals surface area contributed by atoms with Gasteiger partial charge in [0.15, 0.2) is 0 Å². The highest BCUT2D eigenvalue weighted by Crippen LogP contribution is 2.37. The van der Waals surface area contributed by atoms with Crippen LogP contribution in [0.25, 0.3) is 11.1 Å². The fourth-order valence-corrected chi connectivity index (χ4v) is 3.21. The summed E-state index contributed by atoms with van der Waals surface area (Å²) in [7, 11) is 0. The van der Waals surface area contributed by atoms with Gasteiger partial charge < -0.3 is 10.1 Å². The summed E-state index contributed by atoms with van der Waals surface area (Å²) in [5, 5.41) is 2.92. The Balaban J connectivity index is 1.64. The molecule has 26 heavy (non-hydrogen) atoms. The summed E-state index contributed by atoms with van der Waals surface area (Å²) in [6.07, 6.45) is 0.947. The van der Waals surface area contributed by atoms with Gasteiger partial charge in [0.1, 0.15) is 5.60 Å². The van der Waals surface area contributed by atoms with Gasteiger partial charge in [-0.1, -0.05) is 37.3 Å². The summed E-state index contributed by atoms with van der Waals surface area (Å²) in [5.74, 6) is -0.980. The Morgan fingerprint density at radius 3 is 2.50 bits per heavy atom. The highest BCUT2D eigenvalue weighted by Gasteiger charge is 2.23. The second-order valence-electron chi connectivity index (χ2n) is 7.89. The zero-order chi connectivity index (χ0) is 18.9. The minimum Gasteiger partial charge on any atom is -0.460 e. The maximum atomic E-state index is 12.4. The highest BCUT2D eigenvalue weighted by molar-refractivity contribution is 5.95. The van der Waals surface area contributed by atoms with E-state index in [0.717, 1.165) is 12.1 Å². The van der Waals surface area contributed by atoms with Crippen molar-refractivity contribution in [2.75, 3.05) is 5.32 Å². The van der Waals surface area contributed by atoms with Gasteiger partial charge in [-0.3, -0.25) is 9.59 Å². The van der Waals surface area contributed by atoms with Crippen LogP contribution in [0.4, 0.5) is 5.69 Å². The molecule has 0 fully saturated rings. The van der Waals surface area contributed by atoms with E-state index < -0.39 is 11.5 Å². The third-order valence-corrected chi connectivity index (χ3v) is 4.40. The number of amides is 1. The Labute approximate surface area is 154 Å². The van der Waals surface area contributed by atoms with Crippen LogP contribution < -0.4 is 5.32 Å². The number of benzene rings is 2. The standard InChI is InChI=1S/C22H25NO3/c1-14(11-20(24)26-22(2,3)4)21(25)23-17-9-10-19-16(13-17)12-15-7-5-6-8-18(15)19/h5-10,13-14H,11-12H2,1-4H3,(H,23,25). The molecule has 1 amide bonds. The Bertz CT molecular complexity index is 849. The molecule has 4 heteroatoms. The SMILES string of the molecule is CC(CC(=O)OC(C)(C)C)C(=O)Nc1ccc2c(c1)Cc1ccccc1-2. The fourth-order valence-electron chi connectivity index (χ4n) is 3.21. The first kappa shape index (κ1) is 18.2. The summed E-state index contributed by atoms with van der Waals surface area (Å²) < 4.78 is 5.29. The summed E-state index contributed by atoms with van der Waals surface area (Å²) in [6.45, 7) is 7.19. The molecule has 1 unspecified atom stereocenters. The molecular formula is C22H25NO3. The number of fused-ring (bicyclic) bond motifs is 3. The van der Waals surface area contributed by atoms with Gasteiger partial charge in [-0.15, -0.1) is 0 Å². The maximum Gasteiger partial charge on any atom is 0.307 e. The quantitative estimate of drug-likeness (QED) is 0.701. The molecule has 0 aromatic heterocycles. The fraction of sp³-hybridized carbons (Fsp3) is 0.364. The monoisotopic (exact) mass is 351 g/mol. The van der Waals surface area contributed by atoms with Crippen molar-refractivity contribution >= 4 is 17.6 Å². The predicted octanol–water partition coefficient (Wildman–Crippen LogP) is 4.56. The molecule has 0 aliphatic heterocycles. The first-order chi connectivity index (χ1) is 12.2. The minimum atomic E-state index is -0.539. The first-order valence-corrected chi connectivity index (χ1v) is 8.97. The second kappa shape index (κ2) is 6.94. The number of anilines is 1. The van der Waals surface area contributed by atoms with Gasteiger partial charge in [0, 0.05) is 11.6 Å². The lowest BCUT2D eigenvalue weighted by Gasteiger charge is -2.20.